The number of carbonyl (C=O) groups excluding carboxylic acids is 1. The summed E-state index contributed by atoms with van der Waals surface area (Å²) in [6.45, 7) is 0. The lowest BCUT2D eigenvalue weighted by atomic mass is 9.84. The molecule has 3 rings (SSSR count). The highest BCUT2D eigenvalue weighted by Crippen LogP contribution is 2.34. The summed E-state index contributed by atoms with van der Waals surface area (Å²) in [6, 6.07) is 9.60. The minimum absolute atomic E-state index is 0.116. The number of carbonyl (C=O) groups is 1. The fourth-order valence-electron chi connectivity index (χ4n) is 3.37. The van der Waals surface area contributed by atoms with Crippen LogP contribution in [0, 0.1) is 0 Å². The second-order valence-corrected chi connectivity index (χ2v) is 5.82. The Hall–Kier alpha value is -1.74. The van der Waals surface area contributed by atoms with Crippen molar-refractivity contribution in [2.45, 2.75) is 44.1 Å². The maximum atomic E-state index is 13.2. The minimum Gasteiger partial charge on any atom is -0.370 e. The van der Waals surface area contributed by atoms with Crippen molar-refractivity contribution in [3.05, 3.63) is 42.1 Å². The van der Waals surface area contributed by atoms with Gasteiger partial charge in [-0.3, -0.25) is 9.78 Å². The highest BCUT2D eigenvalue weighted by molar-refractivity contribution is 6.11. The molecule has 0 aliphatic heterocycles. The molecule has 1 fully saturated rings. The molecule has 1 aliphatic rings. The maximum Gasteiger partial charge on any atom is 0.195 e. The van der Waals surface area contributed by atoms with E-state index in [-0.39, 0.29) is 5.78 Å². The van der Waals surface area contributed by atoms with Gasteiger partial charge in [0.2, 0.25) is 0 Å². The molecule has 3 heteroatoms. The van der Waals surface area contributed by atoms with Crippen molar-refractivity contribution in [3.63, 3.8) is 0 Å². The van der Waals surface area contributed by atoms with Gasteiger partial charge in [-0.2, -0.15) is 0 Å². The van der Waals surface area contributed by atoms with Crippen molar-refractivity contribution >= 4 is 16.7 Å². The number of fused-ring (bicyclic) bond motifs is 1. The number of ketones is 1. The molecule has 0 N–H and O–H groups in total. The van der Waals surface area contributed by atoms with Gasteiger partial charge in [0.25, 0.3) is 0 Å². The summed E-state index contributed by atoms with van der Waals surface area (Å²) in [5, 5.41) is 0.922. The molecular weight excluding hydrogens is 262 g/mol. The molecule has 0 spiro atoms. The van der Waals surface area contributed by atoms with Gasteiger partial charge in [-0.05, 0) is 25.0 Å². The molecule has 1 aliphatic carbocycles. The van der Waals surface area contributed by atoms with Gasteiger partial charge in [-0.25, -0.2) is 0 Å². The Bertz CT molecular complexity index is 637. The second-order valence-electron chi connectivity index (χ2n) is 5.82. The van der Waals surface area contributed by atoms with Crippen molar-refractivity contribution in [3.8, 4) is 0 Å². The topological polar surface area (TPSA) is 39.2 Å². The van der Waals surface area contributed by atoms with Crippen LogP contribution in [0.1, 0.15) is 48.9 Å². The van der Waals surface area contributed by atoms with Crippen LogP contribution in [0.15, 0.2) is 36.5 Å². The minimum atomic E-state index is -0.652. The molecule has 2 aromatic rings. The zero-order chi connectivity index (χ0) is 14.7. The van der Waals surface area contributed by atoms with Crippen LogP contribution < -0.4 is 0 Å². The number of nitrogens with zero attached hydrogens (tertiary/aromatic N) is 1. The molecule has 1 heterocycles. The lowest BCUT2D eigenvalue weighted by Gasteiger charge is -2.30. The lowest BCUT2D eigenvalue weighted by molar-refractivity contribution is -0.00678. The van der Waals surface area contributed by atoms with E-state index in [1.165, 1.54) is 12.8 Å². The Labute approximate surface area is 125 Å². The molecule has 110 valence electrons. The smallest absolute Gasteiger partial charge is 0.195 e. The molecule has 0 radical (unpaired) electrons. The summed E-state index contributed by atoms with van der Waals surface area (Å²) in [5.41, 5.74) is 0.952. The monoisotopic (exact) mass is 283 g/mol. The third-order valence-electron chi connectivity index (χ3n) is 4.61. The molecule has 0 bridgehead atoms. The van der Waals surface area contributed by atoms with Gasteiger partial charge in [-0.15, -0.1) is 0 Å². The number of hydrogen-bond donors (Lipinski definition) is 0. The van der Waals surface area contributed by atoms with Crippen LogP contribution in [0.25, 0.3) is 10.9 Å². The van der Waals surface area contributed by atoms with E-state index in [0.717, 1.165) is 42.1 Å². The first-order valence-electron chi connectivity index (χ1n) is 7.70. The number of pyridine rings is 1. The van der Waals surface area contributed by atoms with Gasteiger partial charge in [0.1, 0.15) is 5.60 Å². The first-order chi connectivity index (χ1) is 10.3. The van der Waals surface area contributed by atoms with Crippen LogP contribution in [-0.4, -0.2) is 23.5 Å². The summed E-state index contributed by atoms with van der Waals surface area (Å²) >= 11 is 0. The van der Waals surface area contributed by atoms with E-state index in [1.807, 2.05) is 30.3 Å². The van der Waals surface area contributed by atoms with Gasteiger partial charge >= 0.3 is 0 Å². The molecule has 1 saturated carbocycles. The fourth-order valence-corrected chi connectivity index (χ4v) is 3.37. The third kappa shape index (κ3) is 2.58. The van der Waals surface area contributed by atoms with E-state index in [1.54, 1.807) is 13.3 Å². The summed E-state index contributed by atoms with van der Waals surface area (Å²) in [4.78, 5) is 17.5. The first kappa shape index (κ1) is 14.2. The Kier molecular flexibility index (Phi) is 4.02. The zero-order valence-corrected chi connectivity index (χ0v) is 12.5. The number of rotatable bonds is 3. The Balaban J connectivity index is 2.06. The van der Waals surface area contributed by atoms with Gasteiger partial charge in [0, 0.05) is 24.3 Å². The van der Waals surface area contributed by atoms with Gasteiger partial charge in [0.05, 0.1) is 5.52 Å². The molecule has 1 aromatic carbocycles. The average molecular weight is 283 g/mol. The van der Waals surface area contributed by atoms with E-state index < -0.39 is 5.60 Å². The Morgan fingerprint density at radius 3 is 2.57 bits per heavy atom. The SMILES string of the molecule is COC1(C(=O)c2cccc3ncccc23)CCCCCC1. The van der Waals surface area contributed by atoms with E-state index in [9.17, 15) is 4.79 Å². The summed E-state index contributed by atoms with van der Waals surface area (Å²) in [6.07, 6.45) is 7.89. The third-order valence-corrected chi connectivity index (χ3v) is 4.61. The van der Waals surface area contributed by atoms with Crippen molar-refractivity contribution < 1.29 is 9.53 Å². The van der Waals surface area contributed by atoms with E-state index in [4.69, 9.17) is 4.74 Å². The van der Waals surface area contributed by atoms with Crippen molar-refractivity contribution in [2.24, 2.45) is 0 Å². The quantitative estimate of drug-likeness (QED) is 0.627. The van der Waals surface area contributed by atoms with Crippen LogP contribution in [0.4, 0.5) is 0 Å². The normalized spacial score (nSPS) is 18.3. The fraction of sp³-hybridized carbons (Fsp3) is 0.444. The Morgan fingerprint density at radius 1 is 1.10 bits per heavy atom. The maximum absolute atomic E-state index is 13.2. The predicted octanol–water partition coefficient (Wildman–Crippen LogP) is 4.16. The largest absolute Gasteiger partial charge is 0.370 e. The van der Waals surface area contributed by atoms with Crippen LogP contribution in [0.5, 0.6) is 0 Å². The molecule has 0 unspecified atom stereocenters. The predicted molar refractivity (Wildman–Crippen MR) is 83.5 cm³/mol. The van der Waals surface area contributed by atoms with Gasteiger partial charge < -0.3 is 4.74 Å². The van der Waals surface area contributed by atoms with Gasteiger partial charge in [0.15, 0.2) is 5.78 Å². The Morgan fingerprint density at radius 2 is 1.86 bits per heavy atom. The highest BCUT2D eigenvalue weighted by Gasteiger charge is 2.39. The summed E-state index contributed by atoms with van der Waals surface area (Å²) in [5.74, 6) is 0.116. The number of hydrogen-bond acceptors (Lipinski definition) is 3. The van der Waals surface area contributed by atoms with Crippen LogP contribution in [-0.2, 0) is 4.74 Å². The van der Waals surface area contributed by atoms with E-state index >= 15 is 0 Å². The number of aromatic nitrogens is 1. The molecule has 1 aromatic heterocycles. The number of benzene rings is 1. The van der Waals surface area contributed by atoms with Gasteiger partial charge in [-0.1, -0.05) is 43.9 Å². The molecular formula is C18H21NO2. The molecule has 0 amide bonds. The molecule has 0 atom stereocenters. The molecule has 21 heavy (non-hydrogen) atoms. The average Bonchev–Trinajstić information content (AvgIpc) is 2.80. The van der Waals surface area contributed by atoms with Crippen LogP contribution in [0.2, 0.25) is 0 Å². The van der Waals surface area contributed by atoms with Crippen molar-refractivity contribution in [1.29, 1.82) is 0 Å². The highest BCUT2D eigenvalue weighted by atomic mass is 16.5. The standard InChI is InChI=1S/C18H21NO2/c1-21-18(11-4-2-3-5-12-18)17(20)15-8-6-10-16-14(15)9-7-13-19-16/h6-10,13H,2-5,11-12H2,1H3. The number of methoxy groups -OCH3 is 1. The van der Waals surface area contributed by atoms with E-state index in [2.05, 4.69) is 4.98 Å². The molecule has 0 saturated heterocycles. The zero-order valence-electron chi connectivity index (χ0n) is 12.5. The van der Waals surface area contributed by atoms with E-state index in [0.29, 0.717) is 0 Å². The van der Waals surface area contributed by atoms with Crippen molar-refractivity contribution in [2.75, 3.05) is 7.11 Å². The van der Waals surface area contributed by atoms with Crippen LogP contribution >= 0.6 is 0 Å². The first-order valence-corrected chi connectivity index (χ1v) is 7.70. The summed E-state index contributed by atoms with van der Waals surface area (Å²) < 4.78 is 5.75. The van der Waals surface area contributed by atoms with Crippen molar-refractivity contribution in [1.82, 2.24) is 4.98 Å². The number of Topliss-reactive ketones (excluding diaryl/α,β-unsaturated/α-hetero) is 1. The number of ether oxygens (including phenoxy) is 1. The lowest BCUT2D eigenvalue weighted by Crippen LogP contribution is -2.40. The van der Waals surface area contributed by atoms with Crippen LogP contribution in [0.3, 0.4) is 0 Å². The second kappa shape index (κ2) is 5.94. The summed E-state index contributed by atoms with van der Waals surface area (Å²) in [7, 11) is 1.67. The molecule has 3 nitrogen and oxygen atoms in total.